The van der Waals surface area contributed by atoms with E-state index < -0.39 is 53.0 Å². The third-order valence-electron chi connectivity index (χ3n) is 3.95. The van der Waals surface area contributed by atoms with Crippen LogP contribution in [0, 0.1) is 23.4 Å². The fourth-order valence-corrected chi connectivity index (χ4v) is 2.71. The molecular weight excluding hydrogens is 312 g/mol. The molecule has 1 aliphatic heterocycles. The normalized spacial score (nSPS) is 24.0. The number of alkyl halides is 3. The van der Waals surface area contributed by atoms with Gasteiger partial charge in [-0.15, -0.1) is 0 Å². The monoisotopic (exact) mass is 325 g/mol. The van der Waals surface area contributed by atoms with Crippen LogP contribution < -0.4 is 5.32 Å². The molecule has 1 saturated heterocycles. The molecule has 8 heteroatoms. The molecule has 0 spiro atoms. The molecule has 3 unspecified atom stereocenters. The van der Waals surface area contributed by atoms with Crippen LogP contribution in [0.5, 0.6) is 0 Å². The summed E-state index contributed by atoms with van der Waals surface area (Å²) in [5, 5.41) is 2.13. The minimum absolute atomic E-state index is 0.179. The van der Waals surface area contributed by atoms with E-state index in [0.29, 0.717) is 12.1 Å². The molecule has 122 valence electrons. The van der Waals surface area contributed by atoms with Gasteiger partial charge in [-0.1, -0.05) is 6.92 Å². The van der Waals surface area contributed by atoms with Gasteiger partial charge in [0, 0.05) is 23.9 Å². The van der Waals surface area contributed by atoms with E-state index in [1.54, 1.807) is 0 Å². The number of rotatable bonds is 2. The molecule has 1 amide bonds. The van der Waals surface area contributed by atoms with Gasteiger partial charge in [0.15, 0.2) is 11.6 Å². The smallest absolute Gasteiger partial charge is 0.352 e. The molecule has 0 bridgehead atoms. The van der Waals surface area contributed by atoms with Crippen molar-refractivity contribution in [3.05, 3.63) is 35.1 Å². The molecule has 1 N–H and O–H groups in total. The SMILES string of the molecule is CC(C1NC(=O)CCC1c1c(F)ccc(F)c1F)C(F)(F)F. The minimum atomic E-state index is -4.66. The lowest BCUT2D eigenvalue weighted by atomic mass is 9.78. The Labute approximate surface area is 122 Å². The van der Waals surface area contributed by atoms with Crippen LogP contribution in [0.4, 0.5) is 26.3 Å². The standard InChI is InChI=1S/C14H13F6NO/c1-6(14(18,19)20)13-7(2-5-10(22)21-13)11-8(15)3-4-9(16)12(11)17/h3-4,6-7,13H,2,5H2,1H3,(H,21,22). The first-order valence-electron chi connectivity index (χ1n) is 6.62. The summed E-state index contributed by atoms with van der Waals surface area (Å²) in [4.78, 5) is 11.4. The molecule has 1 aromatic carbocycles. The van der Waals surface area contributed by atoms with Crippen molar-refractivity contribution in [2.45, 2.75) is 37.9 Å². The maximum Gasteiger partial charge on any atom is 0.393 e. The molecule has 1 heterocycles. The molecule has 2 nitrogen and oxygen atoms in total. The van der Waals surface area contributed by atoms with Gasteiger partial charge in [0.05, 0.1) is 5.92 Å². The van der Waals surface area contributed by atoms with E-state index in [1.165, 1.54) is 0 Å². The van der Waals surface area contributed by atoms with Gasteiger partial charge in [-0.3, -0.25) is 4.79 Å². The van der Waals surface area contributed by atoms with Crippen molar-refractivity contribution in [2.75, 3.05) is 0 Å². The maximum absolute atomic E-state index is 13.9. The zero-order valence-corrected chi connectivity index (χ0v) is 11.5. The Hall–Kier alpha value is -1.73. The highest BCUT2D eigenvalue weighted by Gasteiger charge is 2.47. The molecule has 22 heavy (non-hydrogen) atoms. The predicted octanol–water partition coefficient (Wildman–Crippen LogP) is 3.66. The van der Waals surface area contributed by atoms with E-state index in [-0.39, 0.29) is 12.8 Å². The van der Waals surface area contributed by atoms with Crippen LogP contribution in [-0.2, 0) is 4.79 Å². The molecule has 0 saturated carbocycles. The van der Waals surface area contributed by atoms with Crippen molar-refractivity contribution in [1.82, 2.24) is 5.32 Å². The van der Waals surface area contributed by atoms with Crippen LogP contribution in [-0.4, -0.2) is 18.1 Å². The zero-order chi connectivity index (χ0) is 16.7. The second kappa shape index (κ2) is 5.81. The number of carbonyl (C=O) groups excluding carboxylic acids is 1. The molecule has 1 aromatic rings. The third kappa shape index (κ3) is 3.05. The van der Waals surface area contributed by atoms with Gasteiger partial charge in [-0.25, -0.2) is 13.2 Å². The summed E-state index contributed by atoms with van der Waals surface area (Å²) in [5.41, 5.74) is -0.749. The number of nitrogens with one attached hydrogen (secondary N) is 1. The number of halogens is 6. The summed E-state index contributed by atoms with van der Waals surface area (Å²) in [7, 11) is 0. The summed E-state index contributed by atoms with van der Waals surface area (Å²) in [5.74, 6) is -7.92. The molecule has 1 fully saturated rings. The van der Waals surface area contributed by atoms with Gasteiger partial charge in [0.2, 0.25) is 5.91 Å². The van der Waals surface area contributed by atoms with Crippen molar-refractivity contribution in [3.8, 4) is 0 Å². The first-order chi connectivity index (χ1) is 10.1. The summed E-state index contributed by atoms with van der Waals surface area (Å²) in [6.07, 6.45) is -5.02. The Kier molecular flexibility index (Phi) is 4.39. The van der Waals surface area contributed by atoms with Crippen molar-refractivity contribution in [1.29, 1.82) is 0 Å². The Bertz CT molecular complexity index is 585. The number of benzene rings is 1. The van der Waals surface area contributed by atoms with Crippen LogP contribution in [0.25, 0.3) is 0 Å². The van der Waals surface area contributed by atoms with Crippen LogP contribution in [0.2, 0.25) is 0 Å². The van der Waals surface area contributed by atoms with Gasteiger partial charge in [-0.2, -0.15) is 13.2 Å². The number of carbonyl (C=O) groups is 1. The summed E-state index contributed by atoms with van der Waals surface area (Å²) in [6, 6.07) is -0.316. The number of hydrogen-bond donors (Lipinski definition) is 1. The van der Waals surface area contributed by atoms with Crippen molar-refractivity contribution < 1.29 is 31.1 Å². The summed E-state index contributed by atoms with van der Waals surface area (Å²) in [6.45, 7) is 0.818. The minimum Gasteiger partial charge on any atom is -0.352 e. The van der Waals surface area contributed by atoms with E-state index in [9.17, 15) is 31.1 Å². The fraction of sp³-hybridized carbons (Fsp3) is 0.500. The van der Waals surface area contributed by atoms with Crippen LogP contribution in [0.3, 0.4) is 0 Å². The first kappa shape index (κ1) is 16.6. The molecule has 0 radical (unpaired) electrons. The highest BCUT2D eigenvalue weighted by Crippen LogP contribution is 2.40. The second-order valence-electron chi connectivity index (χ2n) is 5.33. The average molecular weight is 325 g/mol. The fourth-order valence-electron chi connectivity index (χ4n) is 2.71. The van der Waals surface area contributed by atoms with Gasteiger partial charge in [0.25, 0.3) is 0 Å². The van der Waals surface area contributed by atoms with E-state index >= 15 is 0 Å². The molecule has 0 aliphatic carbocycles. The van der Waals surface area contributed by atoms with Crippen molar-refractivity contribution in [3.63, 3.8) is 0 Å². The van der Waals surface area contributed by atoms with E-state index in [4.69, 9.17) is 0 Å². The Morgan fingerprint density at radius 2 is 1.77 bits per heavy atom. The Morgan fingerprint density at radius 1 is 1.18 bits per heavy atom. The highest BCUT2D eigenvalue weighted by atomic mass is 19.4. The molecule has 0 aromatic heterocycles. The van der Waals surface area contributed by atoms with Crippen molar-refractivity contribution >= 4 is 5.91 Å². The quantitative estimate of drug-likeness (QED) is 0.652. The topological polar surface area (TPSA) is 29.1 Å². The lowest BCUT2D eigenvalue weighted by Crippen LogP contribution is -2.51. The predicted molar refractivity (Wildman–Crippen MR) is 65.4 cm³/mol. The molecular formula is C14H13F6NO. The Balaban J connectivity index is 2.47. The van der Waals surface area contributed by atoms with Gasteiger partial charge >= 0.3 is 6.18 Å². The third-order valence-corrected chi connectivity index (χ3v) is 3.95. The molecule has 3 atom stereocenters. The second-order valence-corrected chi connectivity index (χ2v) is 5.33. The summed E-state index contributed by atoms with van der Waals surface area (Å²) >= 11 is 0. The average Bonchev–Trinajstić information content (AvgIpc) is 2.43. The molecule has 2 rings (SSSR count). The largest absolute Gasteiger partial charge is 0.393 e. The number of piperidine rings is 1. The van der Waals surface area contributed by atoms with E-state index in [2.05, 4.69) is 5.32 Å². The van der Waals surface area contributed by atoms with Crippen LogP contribution in [0.1, 0.15) is 31.2 Å². The molecule has 1 aliphatic rings. The van der Waals surface area contributed by atoms with Crippen LogP contribution in [0.15, 0.2) is 12.1 Å². The summed E-state index contributed by atoms with van der Waals surface area (Å²) < 4.78 is 79.8. The lowest BCUT2D eigenvalue weighted by Gasteiger charge is -2.37. The van der Waals surface area contributed by atoms with Gasteiger partial charge in [0.1, 0.15) is 5.82 Å². The van der Waals surface area contributed by atoms with Crippen LogP contribution >= 0.6 is 0 Å². The van der Waals surface area contributed by atoms with E-state index in [0.717, 1.165) is 6.92 Å². The Morgan fingerprint density at radius 3 is 2.36 bits per heavy atom. The van der Waals surface area contributed by atoms with Crippen molar-refractivity contribution in [2.24, 2.45) is 5.92 Å². The maximum atomic E-state index is 13.9. The highest BCUT2D eigenvalue weighted by molar-refractivity contribution is 5.77. The first-order valence-corrected chi connectivity index (χ1v) is 6.62. The lowest BCUT2D eigenvalue weighted by molar-refractivity contribution is -0.181. The zero-order valence-electron chi connectivity index (χ0n) is 11.5. The van der Waals surface area contributed by atoms with Gasteiger partial charge < -0.3 is 5.32 Å². The number of hydrogen-bond acceptors (Lipinski definition) is 1. The van der Waals surface area contributed by atoms with E-state index in [1.807, 2.05) is 0 Å². The van der Waals surface area contributed by atoms with Gasteiger partial charge in [-0.05, 0) is 18.6 Å². The number of amides is 1.